The molecule has 1 saturated heterocycles. The van der Waals surface area contributed by atoms with E-state index in [1.165, 1.54) is 6.07 Å². The molecule has 0 unspecified atom stereocenters. The molecule has 3 rings (SSSR count). The van der Waals surface area contributed by atoms with Crippen molar-refractivity contribution in [1.29, 1.82) is 0 Å². The quantitative estimate of drug-likeness (QED) is 0.711. The Morgan fingerprint density at radius 1 is 1.21 bits per heavy atom. The van der Waals surface area contributed by atoms with Crippen molar-refractivity contribution >= 4 is 39.3 Å². The van der Waals surface area contributed by atoms with Gasteiger partial charge in [-0.05, 0) is 44.4 Å². The third-order valence-corrected chi connectivity index (χ3v) is 6.12. The number of amides is 1. The van der Waals surface area contributed by atoms with Crippen LogP contribution in [0.2, 0.25) is 0 Å². The molecular formula is C20H22FNO5S. The Morgan fingerprint density at radius 3 is 2.57 bits per heavy atom. The van der Waals surface area contributed by atoms with E-state index in [1.54, 1.807) is 30.9 Å². The fraction of sp³-hybridized carbons (Fsp3) is 0.450. The molecular weight excluding hydrogens is 385 g/mol. The Labute approximate surface area is 166 Å². The lowest BCUT2D eigenvalue weighted by atomic mass is 9.97. The molecule has 0 saturated carbocycles. The van der Waals surface area contributed by atoms with Gasteiger partial charge < -0.3 is 14.4 Å². The number of benzene rings is 1. The molecule has 150 valence electrons. The highest BCUT2D eigenvalue weighted by Crippen LogP contribution is 2.33. The Hall–Kier alpha value is -2.48. The number of carbonyl (C=O) groups is 3. The Balaban J connectivity index is 1.55. The van der Waals surface area contributed by atoms with Crippen LogP contribution in [0.25, 0.3) is 10.1 Å². The van der Waals surface area contributed by atoms with Crippen LogP contribution in [0.1, 0.15) is 35.0 Å². The van der Waals surface area contributed by atoms with Crippen LogP contribution in [-0.2, 0) is 19.1 Å². The van der Waals surface area contributed by atoms with Crippen LogP contribution in [0.3, 0.4) is 0 Å². The van der Waals surface area contributed by atoms with Gasteiger partial charge in [-0.15, -0.1) is 11.3 Å². The monoisotopic (exact) mass is 407 g/mol. The number of esters is 2. The SMILES string of the molecule is CCOC(=O)C1CCN(C(=O)COC(=O)c2sc3cccc(F)c3c2C)CC1. The van der Waals surface area contributed by atoms with Crippen molar-refractivity contribution in [3.63, 3.8) is 0 Å². The van der Waals surface area contributed by atoms with E-state index in [1.807, 2.05) is 0 Å². The van der Waals surface area contributed by atoms with E-state index in [0.29, 0.717) is 53.1 Å². The van der Waals surface area contributed by atoms with Crippen molar-refractivity contribution in [3.05, 3.63) is 34.5 Å². The third kappa shape index (κ3) is 4.16. The van der Waals surface area contributed by atoms with Gasteiger partial charge in [0.1, 0.15) is 10.7 Å². The molecule has 0 bridgehead atoms. The van der Waals surface area contributed by atoms with Crippen LogP contribution in [0, 0.1) is 18.7 Å². The van der Waals surface area contributed by atoms with Crippen molar-refractivity contribution in [2.45, 2.75) is 26.7 Å². The van der Waals surface area contributed by atoms with Gasteiger partial charge in [0.05, 0.1) is 12.5 Å². The lowest BCUT2D eigenvalue weighted by Gasteiger charge is -2.30. The molecule has 8 heteroatoms. The van der Waals surface area contributed by atoms with Gasteiger partial charge in [0.15, 0.2) is 6.61 Å². The minimum atomic E-state index is -0.632. The molecule has 0 atom stereocenters. The van der Waals surface area contributed by atoms with Crippen molar-refractivity contribution in [2.24, 2.45) is 5.92 Å². The molecule has 1 fully saturated rings. The van der Waals surface area contributed by atoms with Gasteiger partial charge in [-0.2, -0.15) is 0 Å². The lowest BCUT2D eigenvalue weighted by molar-refractivity contribution is -0.151. The van der Waals surface area contributed by atoms with Gasteiger partial charge in [0.2, 0.25) is 0 Å². The van der Waals surface area contributed by atoms with Crippen LogP contribution < -0.4 is 0 Å². The summed E-state index contributed by atoms with van der Waals surface area (Å²) in [6, 6.07) is 4.68. The number of fused-ring (bicyclic) bond motifs is 1. The summed E-state index contributed by atoms with van der Waals surface area (Å²) >= 11 is 1.15. The van der Waals surface area contributed by atoms with Crippen LogP contribution in [0.5, 0.6) is 0 Å². The predicted octanol–water partition coefficient (Wildman–Crippen LogP) is 3.31. The van der Waals surface area contributed by atoms with E-state index in [9.17, 15) is 18.8 Å². The summed E-state index contributed by atoms with van der Waals surface area (Å²) in [5.41, 5.74) is 0.519. The highest BCUT2D eigenvalue weighted by Gasteiger charge is 2.29. The molecule has 0 aliphatic carbocycles. The summed E-state index contributed by atoms with van der Waals surface area (Å²) in [4.78, 5) is 38.3. The van der Waals surface area contributed by atoms with E-state index in [0.717, 1.165) is 11.3 Å². The normalized spacial score (nSPS) is 14.9. The maximum absolute atomic E-state index is 14.0. The molecule has 6 nitrogen and oxygen atoms in total. The number of nitrogens with zero attached hydrogens (tertiary/aromatic N) is 1. The van der Waals surface area contributed by atoms with Crippen LogP contribution >= 0.6 is 11.3 Å². The first-order valence-corrected chi connectivity index (χ1v) is 10.0. The predicted molar refractivity (Wildman–Crippen MR) is 103 cm³/mol. The highest BCUT2D eigenvalue weighted by atomic mass is 32.1. The second-order valence-electron chi connectivity index (χ2n) is 6.65. The molecule has 2 aromatic rings. The number of likely N-dealkylation sites (tertiary alicyclic amines) is 1. The Kier molecular flexibility index (Phi) is 6.28. The summed E-state index contributed by atoms with van der Waals surface area (Å²) in [5.74, 6) is -1.74. The van der Waals surface area contributed by atoms with E-state index in [-0.39, 0.29) is 30.2 Å². The first-order valence-electron chi connectivity index (χ1n) is 9.21. The van der Waals surface area contributed by atoms with E-state index < -0.39 is 5.97 Å². The van der Waals surface area contributed by atoms with Crippen LogP contribution in [-0.4, -0.2) is 49.0 Å². The summed E-state index contributed by atoms with van der Waals surface area (Å²) in [5, 5.41) is 0.409. The second kappa shape index (κ2) is 8.68. The molecule has 28 heavy (non-hydrogen) atoms. The highest BCUT2D eigenvalue weighted by molar-refractivity contribution is 7.21. The number of thiophene rings is 1. The topological polar surface area (TPSA) is 72.9 Å². The zero-order chi connectivity index (χ0) is 20.3. The molecule has 1 amide bonds. The molecule has 0 N–H and O–H groups in total. The van der Waals surface area contributed by atoms with Gasteiger partial charge in [0, 0.05) is 23.2 Å². The van der Waals surface area contributed by atoms with Crippen LogP contribution in [0.15, 0.2) is 18.2 Å². The third-order valence-electron chi connectivity index (χ3n) is 4.88. The zero-order valence-electron chi connectivity index (χ0n) is 15.8. The van der Waals surface area contributed by atoms with E-state index in [2.05, 4.69) is 0 Å². The number of ether oxygens (including phenoxy) is 2. The summed E-state index contributed by atoms with van der Waals surface area (Å²) in [6.45, 7) is 4.24. The van der Waals surface area contributed by atoms with Crippen molar-refractivity contribution in [3.8, 4) is 0 Å². The number of halogens is 1. The second-order valence-corrected chi connectivity index (χ2v) is 7.70. The van der Waals surface area contributed by atoms with Gasteiger partial charge in [-0.1, -0.05) is 6.07 Å². The molecule has 1 aromatic carbocycles. The van der Waals surface area contributed by atoms with Gasteiger partial charge in [0.25, 0.3) is 5.91 Å². The fourth-order valence-corrected chi connectivity index (χ4v) is 4.47. The van der Waals surface area contributed by atoms with Crippen molar-refractivity contribution < 1.29 is 28.2 Å². The van der Waals surface area contributed by atoms with Gasteiger partial charge in [-0.3, -0.25) is 9.59 Å². The number of aryl methyl sites for hydroxylation is 1. The summed E-state index contributed by atoms with van der Waals surface area (Å²) in [6.07, 6.45) is 1.07. The summed E-state index contributed by atoms with van der Waals surface area (Å²) in [7, 11) is 0. The van der Waals surface area contributed by atoms with E-state index >= 15 is 0 Å². The maximum atomic E-state index is 14.0. The number of hydrogen-bond acceptors (Lipinski definition) is 6. The Bertz CT molecular complexity index is 901. The maximum Gasteiger partial charge on any atom is 0.349 e. The molecule has 2 heterocycles. The molecule has 0 spiro atoms. The summed E-state index contributed by atoms with van der Waals surface area (Å²) < 4.78 is 24.8. The van der Waals surface area contributed by atoms with Gasteiger partial charge in [-0.25, -0.2) is 9.18 Å². The first kappa shape index (κ1) is 20.3. The largest absolute Gasteiger partial charge is 0.466 e. The number of rotatable bonds is 5. The smallest absolute Gasteiger partial charge is 0.349 e. The standard InChI is InChI=1S/C20H22FNO5S/c1-3-26-19(24)13-7-9-22(10-8-13)16(23)11-27-20(25)18-12(2)17-14(21)5-4-6-15(17)28-18/h4-6,13H,3,7-11H2,1-2H3. The molecule has 1 aliphatic heterocycles. The lowest BCUT2D eigenvalue weighted by Crippen LogP contribution is -2.42. The minimum Gasteiger partial charge on any atom is -0.466 e. The molecule has 1 aliphatic rings. The first-order chi connectivity index (χ1) is 13.4. The van der Waals surface area contributed by atoms with Crippen molar-refractivity contribution in [2.75, 3.05) is 26.3 Å². The Morgan fingerprint density at radius 2 is 1.93 bits per heavy atom. The van der Waals surface area contributed by atoms with Gasteiger partial charge >= 0.3 is 11.9 Å². The number of carbonyl (C=O) groups excluding carboxylic acids is 3. The molecule has 0 radical (unpaired) electrons. The fourth-order valence-electron chi connectivity index (χ4n) is 3.36. The zero-order valence-corrected chi connectivity index (χ0v) is 16.6. The average molecular weight is 407 g/mol. The van der Waals surface area contributed by atoms with Crippen molar-refractivity contribution in [1.82, 2.24) is 4.90 Å². The van der Waals surface area contributed by atoms with Crippen LogP contribution in [0.4, 0.5) is 4.39 Å². The molecule has 1 aromatic heterocycles. The van der Waals surface area contributed by atoms with E-state index in [4.69, 9.17) is 9.47 Å². The minimum absolute atomic E-state index is 0.192. The number of piperidine rings is 1. The average Bonchev–Trinajstić information content (AvgIpc) is 3.04. The number of hydrogen-bond donors (Lipinski definition) is 0.